The van der Waals surface area contributed by atoms with Crippen LogP contribution in [0.3, 0.4) is 0 Å². The van der Waals surface area contributed by atoms with Crippen molar-refractivity contribution < 1.29 is 13.9 Å². The Labute approximate surface area is 162 Å². The van der Waals surface area contributed by atoms with Gasteiger partial charge in [0.2, 0.25) is 17.7 Å². The van der Waals surface area contributed by atoms with E-state index in [2.05, 4.69) is 15.5 Å². The first-order valence-corrected chi connectivity index (χ1v) is 8.84. The number of anilines is 1. The molecule has 1 heterocycles. The van der Waals surface area contributed by atoms with E-state index in [1.165, 1.54) is 7.11 Å². The van der Waals surface area contributed by atoms with Crippen molar-refractivity contribution in [1.82, 2.24) is 10.2 Å². The van der Waals surface area contributed by atoms with Gasteiger partial charge < -0.3 is 14.5 Å². The monoisotopic (exact) mass is 385 g/mol. The third kappa shape index (κ3) is 4.46. The Morgan fingerprint density at radius 3 is 2.59 bits per heavy atom. The van der Waals surface area contributed by atoms with Gasteiger partial charge in [-0.3, -0.25) is 4.79 Å². The zero-order valence-electron chi connectivity index (χ0n) is 15.3. The van der Waals surface area contributed by atoms with Crippen LogP contribution in [0.4, 0.5) is 5.69 Å². The van der Waals surface area contributed by atoms with Crippen LogP contribution in [0.25, 0.3) is 0 Å². The predicted octanol–water partition coefficient (Wildman–Crippen LogP) is 4.51. The summed E-state index contributed by atoms with van der Waals surface area (Å²) in [7, 11) is 1.53. The van der Waals surface area contributed by atoms with Crippen LogP contribution >= 0.6 is 11.6 Å². The fourth-order valence-corrected chi connectivity index (χ4v) is 2.96. The molecule has 0 aliphatic heterocycles. The standard InChI is InChI=1S/C20H20ClN3O3/c1-12-9-17(18(26-3)11-16(12)21)22-19(25)10-15(14-7-5-4-6-8-14)20-24-23-13(2)27-20/h4-9,11,15H,10H2,1-3H3,(H,22,25). The minimum Gasteiger partial charge on any atom is -0.495 e. The second-order valence-corrected chi connectivity index (χ2v) is 6.58. The van der Waals surface area contributed by atoms with E-state index in [1.54, 1.807) is 19.1 Å². The van der Waals surface area contributed by atoms with Gasteiger partial charge in [-0.05, 0) is 24.1 Å². The summed E-state index contributed by atoms with van der Waals surface area (Å²) in [6.45, 7) is 3.59. The van der Waals surface area contributed by atoms with Crippen molar-refractivity contribution in [3.8, 4) is 5.75 Å². The number of benzene rings is 2. The third-order valence-electron chi connectivity index (χ3n) is 4.19. The second kappa shape index (κ2) is 8.22. The number of hydrogen-bond acceptors (Lipinski definition) is 5. The fraction of sp³-hybridized carbons (Fsp3) is 0.250. The van der Waals surface area contributed by atoms with Crippen molar-refractivity contribution in [1.29, 1.82) is 0 Å². The van der Waals surface area contributed by atoms with Gasteiger partial charge in [-0.25, -0.2) is 0 Å². The Morgan fingerprint density at radius 1 is 1.22 bits per heavy atom. The molecule has 1 atom stereocenters. The van der Waals surface area contributed by atoms with Crippen LogP contribution in [0.15, 0.2) is 46.9 Å². The Kier molecular flexibility index (Phi) is 5.76. The minimum absolute atomic E-state index is 0.149. The summed E-state index contributed by atoms with van der Waals surface area (Å²) in [4.78, 5) is 12.8. The molecule has 140 valence electrons. The van der Waals surface area contributed by atoms with Crippen LogP contribution < -0.4 is 10.1 Å². The van der Waals surface area contributed by atoms with Crippen molar-refractivity contribution >= 4 is 23.2 Å². The van der Waals surface area contributed by atoms with Gasteiger partial charge in [0.05, 0.1) is 18.7 Å². The molecule has 0 spiro atoms. The van der Waals surface area contributed by atoms with E-state index in [0.29, 0.717) is 28.2 Å². The molecular weight excluding hydrogens is 366 g/mol. The van der Waals surface area contributed by atoms with E-state index in [4.69, 9.17) is 20.8 Å². The molecule has 27 heavy (non-hydrogen) atoms. The summed E-state index contributed by atoms with van der Waals surface area (Å²) < 4.78 is 10.9. The van der Waals surface area contributed by atoms with E-state index >= 15 is 0 Å². The molecule has 3 rings (SSSR count). The number of rotatable bonds is 6. The maximum absolute atomic E-state index is 12.8. The topological polar surface area (TPSA) is 77.2 Å². The van der Waals surface area contributed by atoms with E-state index in [0.717, 1.165) is 11.1 Å². The number of aryl methyl sites for hydroxylation is 2. The first-order valence-electron chi connectivity index (χ1n) is 8.47. The maximum atomic E-state index is 12.8. The molecule has 0 aliphatic rings. The van der Waals surface area contributed by atoms with E-state index in [-0.39, 0.29) is 18.2 Å². The number of carbonyl (C=O) groups excluding carboxylic acids is 1. The zero-order valence-corrected chi connectivity index (χ0v) is 16.1. The van der Waals surface area contributed by atoms with Gasteiger partial charge in [-0.1, -0.05) is 41.9 Å². The molecule has 0 saturated heterocycles. The molecule has 0 bridgehead atoms. The van der Waals surface area contributed by atoms with Gasteiger partial charge in [-0.2, -0.15) is 0 Å². The lowest BCUT2D eigenvalue weighted by Gasteiger charge is -2.16. The molecule has 1 unspecified atom stereocenters. The predicted molar refractivity (Wildman–Crippen MR) is 103 cm³/mol. The number of aromatic nitrogens is 2. The van der Waals surface area contributed by atoms with E-state index in [9.17, 15) is 4.79 Å². The highest BCUT2D eigenvalue weighted by Gasteiger charge is 2.24. The zero-order chi connectivity index (χ0) is 19.4. The Hall–Kier alpha value is -2.86. The van der Waals surface area contributed by atoms with Gasteiger partial charge in [0.1, 0.15) is 5.75 Å². The van der Waals surface area contributed by atoms with Gasteiger partial charge >= 0.3 is 0 Å². The van der Waals surface area contributed by atoms with Gasteiger partial charge in [-0.15, -0.1) is 10.2 Å². The quantitative estimate of drug-likeness (QED) is 0.675. The number of methoxy groups -OCH3 is 1. The van der Waals surface area contributed by atoms with Crippen LogP contribution in [0, 0.1) is 13.8 Å². The van der Waals surface area contributed by atoms with Crippen LogP contribution in [0.1, 0.15) is 35.2 Å². The molecule has 0 fully saturated rings. The molecule has 0 aliphatic carbocycles. The highest BCUT2D eigenvalue weighted by molar-refractivity contribution is 6.31. The van der Waals surface area contributed by atoms with Crippen molar-refractivity contribution in [3.05, 3.63) is 70.4 Å². The number of nitrogens with zero attached hydrogens (tertiary/aromatic N) is 2. The van der Waals surface area contributed by atoms with Gasteiger partial charge in [0.25, 0.3) is 0 Å². The largest absolute Gasteiger partial charge is 0.495 e. The normalized spacial score (nSPS) is 11.9. The van der Waals surface area contributed by atoms with Crippen molar-refractivity contribution in [3.63, 3.8) is 0 Å². The lowest BCUT2D eigenvalue weighted by molar-refractivity contribution is -0.116. The van der Waals surface area contributed by atoms with Crippen molar-refractivity contribution in [2.45, 2.75) is 26.2 Å². The molecule has 3 aromatic rings. The summed E-state index contributed by atoms with van der Waals surface area (Å²) >= 11 is 6.13. The molecule has 1 aromatic heterocycles. The molecule has 6 nitrogen and oxygen atoms in total. The Morgan fingerprint density at radius 2 is 1.96 bits per heavy atom. The first kappa shape index (κ1) is 18.9. The van der Waals surface area contributed by atoms with Gasteiger partial charge in [0, 0.05) is 24.4 Å². The number of amides is 1. The molecular formula is C20H20ClN3O3. The highest BCUT2D eigenvalue weighted by Crippen LogP contribution is 2.32. The van der Waals surface area contributed by atoms with E-state index < -0.39 is 0 Å². The Balaban J connectivity index is 1.84. The van der Waals surface area contributed by atoms with Crippen LogP contribution in [-0.4, -0.2) is 23.2 Å². The molecule has 1 N–H and O–H groups in total. The average Bonchev–Trinajstić information content (AvgIpc) is 3.09. The summed E-state index contributed by atoms with van der Waals surface area (Å²) in [6, 6.07) is 13.1. The van der Waals surface area contributed by atoms with E-state index in [1.807, 2.05) is 37.3 Å². The fourth-order valence-electron chi connectivity index (χ4n) is 2.80. The third-order valence-corrected chi connectivity index (χ3v) is 4.59. The summed E-state index contributed by atoms with van der Waals surface area (Å²) in [5, 5.41) is 11.5. The maximum Gasteiger partial charge on any atom is 0.225 e. The molecule has 0 saturated carbocycles. The first-order chi connectivity index (χ1) is 13.0. The SMILES string of the molecule is COc1cc(Cl)c(C)cc1NC(=O)CC(c1ccccc1)c1nnc(C)o1. The number of halogens is 1. The van der Waals surface area contributed by atoms with Crippen LogP contribution in [0.2, 0.25) is 5.02 Å². The summed E-state index contributed by atoms with van der Waals surface area (Å²) in [5.74, 6) is 0.838. The molecule has 7 heteroatoms. The summed E-state index contributed by atoms with van der Waals surface area (Å²) in [5.41, 5.74) is 2.34. The van der Waals surface area contributed by atoms with Crippen molar-refractivity contribution in [2.75, 3.05) is 12.4 Å². The van der Waals surface area contributed by atoms with Crippen LogP contribution in [-0.2, 0) is 4.79 Å². The average molecular weight is 386 g/mol. The molecule has 2 aromatic carbocycles. The smallest absolute Gasteiger partial charge is 0.225 e. The summed E-state index contributed by atoms with van der Waals surface area (Å²) in [6.07, 6.45) is 0.149. The number of carbonyl (C=O) groups is 1. The highest BCUT2D eigenvalue weighted by atomic mass is 35.5. The second-order valence-electron chi connectivity index (χ2n) is 6.18. The van der Waals surface area contributed by atoms with Crippen molar-refractivity contribution in [2.24, 2.45) is 0 Å². The number of ether oxygens (including phenoxy) is 1. The van der Waals surface area contributed by atoms with Gasteiger partial charge in [0.15, 0.2) is 0 Å². The lowest BCUT2D eigenvalue weighted by atomic mass is 9.95. The Bertz CT molecular complexity index is 941. The van der Waals surface area contributed by atoms with Crippen LogP contribution in [0.5, 0.6) is 5.75 Å². The molecule has 1 amide bonds. The minimum atomic E-state index is -0.341. The number of nitrogens with one attached hydrogen (secondary N) is 1. The lowest BCUT2D eigenvalue weighted by Crippen LogP contribution is -2.17. The molecule has 0 radical (unpaired) electrons. The number of hydrogen-bond donors (Lipinski definition) is 1.